The van der Waals surface area contributed by atoms with Gasteiger partial charge in [-0.05, 0) is 56.0 Å². The third-order valence-electron chi connectivity index (χ3n) is 4.29. The van der Waals surface area contributed by atoms with Crippen LogP contribution in [0.25, 0.3) is 0 Å². The second-order valence-corrected chi connectivity index (χ2v) is 8.31. The Bertz CT molecular complexity index is 901. The fourth-order valence-corrected chi connectivity index (χ4v) is 4.09. The zero-order valence-electron chi connectivity index (χ0n) is 16.7. The molecule has 2 aromatic rings. The quantitative estimate of drug-likeness (QED) is 0.481. The highest BCUT2D eigenvalue weighted by molar-refractivity contribution is 7.89. The van der Waals surface area contributed by atoms with Crippen molar-refractivity contribution < 1.29 is 23.1 Å². The monoisotopic (exact) mass is 420 g/mol. The lowest BCUT2D eigenvalue weighted by Crippen LogP contribution is -2.48. The summed E-state index contributed by atoms with van der Waals surface area (Å²) < 4.78 is 33.8. The minimum Gasteiger partial charge on any atom is -0.494 e. The van der Waals surface area contributed by atoms with Crippen molar-refractivity contribution in [3.63, 3.8) is 0 Å². The molecule has 2 aromatic carbocycles. The molecule has 0 radical (unpaired) electrons. The average Bonchev–Trinajstić information content (AvgIpc) is 2.70. The largest absolute Gasteiger partial charge is 0.494 e. The Labute approximate surface area is 172 Å². The number of carbonyl (C=O) groups excluding carboxylic acids is 1. The Kier molecular flexibility index (Phi) is 8.63. The number of rotatable bonds is 11. The maximum Gasteiger partial charge on any atom is 0.241 e. The van der Waals surface area contributed by atoms with Gasteiger partial charge in [0.2, 0.25) is 15.9 Å². The molecule has 0 unspecified atom stereocenters. The van der Waals surface area contributed by atoms with E-state index in [1.165, 1.54) is 12.1 Å². The molecule has 0 spiro atoms. The zero-order valence-corrected chi connectivity index (χ0v) is 17.5. The predicted octanol–water partition coefficient (Wildman–Crippen LogP) is 1.78. The van der Waals surface area contributed by atoms with E-state index in [1.54, 1.807) is 13.0 Å². The lowest BCUT2D eigenvalue weighted by Gasteiger charge is -2.19. The molecule has 0 aromatic heterocycles. The third-order valence-corrected chi connectivity index (χ3v) is 5.76. The smallest absolute Gasteiger partial charge is 0.241 e. The number of aryl methyl sites for hydroxylation is 1. The number of hydrogen-bond acceptors (Lipinski definition) is 5. The third kappa shape index (κ3) is 6.85. The first-order chi connectivity index (χ1) is 13.9. The fourth-order valence-electron chi connectivity index (χ4n) is 2.81. The van der Waals surface area contributed by atoms with Gasteiger partial charge in [-0.25, -0.2) is 8.42 Å². The first-order valence-electron chi connectivity index (χ1n) is 9.55. The summed E-state index contributed by atoms with van der Waals surface area (Å²) in [5.74, 6) is 0.183. The molecule has 0 heterocycles. The molecular formula is C21H28N2O5S. The number of aliphatic hydroxyl groups excluding tert-OH is 1. The van der Waals surface area contributed by atoms with E-state index >= 15 is 0 Å². The number of amides is 1. The summed E-state index contributed by atoms with van der Waals surface area (Å²) in [6, 6.07) is 12.8. The highest BCUT2D eigenvalue weighted by Gasteiger charge is 2.26. The zero-order chi connectivity index (χ0) is 21.3. The number of nitrogens with one attached hydrogen (secondary N) is 2. The topological polar surface area (TPSA) is 105 Å². The molecule has 1 atom stereocenters. The lowest BCUT2D eigenvalue weighted by molar-refractivity contribution is -0.122. The van der Waals surface area contributed by atoms with E-state index in [1.807, 2.05) is 37.3 Å². The van der Waals surface area contributed by atoms with Gasteiger partial charge in [0.1, 0.15) is 11.8 Å². The van der Waals surface area contributed by atoms with Gasteiger partial charge in [-0.3, -0.25) is 4.79 Å². The van der Waals surface area contributed by atoms with Gasteiger partial charge in [0.25, 0.3) is 0 Å². The molecule has 8 heteroatoms. The van der Waals surface area contributed by atoms with E-state index < -0.39 is 22.0 Å². The Morgan fingerprint density at radius 1 is 1.17 bits per heavy atom. The summed E-state index contributed by atoms with van der Waals surface area (Å²) in [5, 5.41) is 11.6. The van der Waals surface area contributed by atoms with E-state index in [0.717, 1.165) is 5.56 Å². The first kappa shape index (κ1) is 22.9. The predicted molar refractivity (Wildman–Crippen MR) is 111 cm³/mol. The standard InChI is InChI=1S/C21H28N2O5S/c1-3-28-20-11-10-18(14-16(20)2)29(26,27)23-19(21(25)22-12-7-13-24)15-17-8-5-4-6-9-17/h4-6,8-11,14,19,23-24H,3,7,12-13,15H2,1-2H3,(H,22,25)/t19-/m1/s1. The summed E-state index contributed by atoms with van der Waals surface area (Å²) in [6.45, 7) is 4.33. The Balaban J connectivity index is 2.23. The van der Waals surface area contributed by atoms with E-state index in [-0.39, 0.29) is 24.5 Å². The minimum atomic E-state index is -3.93. The maximum absolute atomic E-state index is 12.9. The van der Waals surface area contributed by atoms with E-state index in [9.17, 15) is 13.2 Å². The van der Waals surface area contributed by atoms with Crippen molar-refractivity contribution in [2.75, 3.05) is 19.8 Å². The van der Waals surface area contributed by atoms with Crippen molar-refractivity contribution in [1.82, 2.24) is 10.0 Å². The molecule has 0 aliphatic rings. The van der Waals surface area contributed by atoms with Gasteiger partial charge >= 0.3 is 0 Å². The highest BCUT2D eigenvalue weighted by Crippen LogP contribution is 2.22. The summed E-state index contributed by atoms with van der Waals surface area (Å²) in [6.07, 6.45) is 0.607. The van der Waals surface area contributed by atoms with E-state index in [4.69, 9.17) is 9.84 Å². The van der Waals surface area contributed by atoms with Crippen LogP contribution >= 0.6 is 0 Å². The average molecular weight is 421 g/mol. The van der Waals surface area contributed by atoms with Crippen LogP contribution in [0.4, 0.5) is 0 Å². The van der Waals surface area contributed by atoms with Crippen molar-refractivity contribution in [3.8, 4) is 5.75 Å². The molecule has 158 valence electrons. The van der Waals surface area contributed by atoms with Crippen LogP contribution < -0.4 is 14.8 Å². The molecule has 0 saturated carbocycles. The molecule has 1 amide bonds. The number of benzene rings is 2. The van der Waals surface area contributed by atoms with Crippen molar-refractivity contribution >= 4 is 15.9 Å². The summed E-state index contributed by atoms with van der Waals surface area (Å²) in [5.41, 5.74) is 1.53. The Morgan fingerprint density at radius 3 is 2.52 bits per heavy atom. The number of ether oxygens (including phenoxy) is 1. The van der Waals surface area contributed by atoms with Crippen LogP contribution in [0.5, 0.6) is 5.75 Å². The Morgan fingerprint density at radius 2 is 1.90 bits per heavy atom. The van der Waals surface area contributed by atoms with E-state index in [2.05, 4.69) is 10.0 Å². The van der Waals surface area contributed by atoms with Gasteiger partial charge in [0, 0.05) is 13.2 Å². The van der Waals surface area contributed by atoms with Crippen LogP contribution in [0.1, 0.15) is 24.5 Å². The number of aliphatic hydroxyl groups is 1. The van der Waals surface area contributed by atoms with Gasteiger partial charge < -0.3 is 15.2 Å². The van der Waals surface area contributed by atoms with Gasteiger partial charge in [-0.15, -0.1) is 0 Å². The minimum absolute atomic E-state index is 0.0547. The van der Waals surface area contributed by atoms with Crippen LogP contribution in [0.15, 0.2) is 53.4 Å². The maximum atomic E-state index is 12.9. The molecule has 0 fully saturated rings. The van der Waals surface area contributed by atoms with Crippen molar-refractivity contribution in [3.05, 3.63) is 59.7 Å². The number of carbonyl (C=O) groups is 1. The molecule has 0 saturated heterocycles. The molecule has 7 nitrogen and oxygen atoms in total. The Hall–Kier alpha value is -2.42. The second kappa shape index (κ2) is 10.9. The molecule has 3 N–H and O–H groups in total. The van der Waals surface area contributed by atoms with Crippen LogP contribution in [-0.2, 0) is 21.2 Å². The van der Waals surface area contributed by atoms with Gasteiger partial charge in [-0.2, -0.15) is 4.72 Å². The lowest BCUT2D eigenvalue weighted by atomic mass is 10.1. The van der Waals surface area contributed by atoms with Crippen LogP contribution in [0, 0.1) is 6.92 Å². The number of sulfonamides is 1. The summed E-state index contributed by atoms with van der Waals surface area (Å²) in [4.78, 5) is 12.7. The van der Waals surface area contributed by atoms with Gasteiger partial charge in [-0.1, -0.05) is 30.3 Å². The van der Waals surface area contributed by atoms with Crippen LogP contribution in [0.2, 0.25) is 0 Å². The summed E-state index contributed by atoms with van der Waals surface area (Å²) in [7, 11) is -3.93. The van der Waals surface area contributed by atoms with Crippen molar-refractivity contribution in [2.24, 2.45) is 0 Å². The van der Waals surface area contributed by atoms with Gasteiger partial charge in [0.05, 0.1) is 11.5 Å². The number of hydrogen-bond donors (Lipinski definition) is 3. The second-order valence-electron chi connectivity index (χ2n) is 6.59. The molecule has 29 heavy (non-hydrogen) atoms. The fraction of sp³-hybridized carbons (Fsp3) is 0.381. The van der Waals surface area contributed by atoms with Crippen molar-refractivity contribution in [1.29, 1.82) is 0 Å². The van der Waals surface area contributed by atoms with Gasteiger partial charge in [0.15, 0.2) is 0 Å². The molecule has 0 aliphatic heterocycles. The SMILES string of the molecule is CCOc1ccc(S(=O)(=O)N[C@H](Cc2ccccc2)C(=O)NCCCO)cc1C. The van der Waals surface area contributed by atoms with Crippen LogP contribution in [-0.4, -0.2) is 45.2 Å². The molecule has 0 aliphatic carbocycles. The van der Waals surface area contributed by atoms with Crippen molar-refractivity contribution in [2.45, 2.75) is 37.6 Å². The highest BCUT2D eigenvalue weighted by atomic mass is 32.2. The van der Waals surface area contributed by atoms with Crippen LogP contribution in [0.3, 0.4) is 0 Å². The summed E-state index contributed by atoms with van der Waals surface area (Å²) >= 11 is 0. The molecule has 2 rings (SSSR count). The molecule has 0 bridgehead atoms. The van der Waals surface area contributed by atoms with E-state index in [0.29, 0.717) is 24.3 Å². The molecular weight excluding hydrogens is 392 g/mol. The normalized spacial score (nSPS) is 12.4. The first-order valence-corrected chi connectivity index (χ1v) is 11.0.